The normalized spacial score (nSPS) is 13.0. The summed E-state index contributed by atoms with van der Waals surface area (Å²) < 4.78 is 31.0. The number of anilines is 2. The number of halogens is 2. The lowest BCUT2D eigenvalue weighted by molar-refractivity contribution is -0.119. The molecule has 2 amide bonds. The highest BCUT2D eigenvalue weighted by Crippen LogP contribution is 2.25. The van der Waals surface area contributed by atoms with Crippen LogP contribution in [0.15, 0.2) is 49.1 Å². The highest BCUT2D eigenvalue weighted by molar-refractivity contribution is 5.96. The number of hydrogen-bond donors (Lipinski definition) is 2. The van der Waals surface area contributed by atoms with E-state index >= 15 is 0 Å². The molecule has 2 N–H and O–H groups in total. The molecule has 2 heterocycles. The highest BCUT2D eigenvalue weighted by atomic mass is 19.1. The quantitative estimate of drug-likeness (QED) is 0.679. The average Bonchev–Trinajstić information content (AvgIpc) is 3.37. The van der Waals surface area contributed by atoms with Crippen LogP contribution in [0.2, 0.25) is 0 Å². The molecular formula is C18H18F2N6O2. The Morgan fingerprint density at radius 3 is 1.64 bits per heavy atom. The maximum Gasteiger partial charge on any atom is 0.249 e. The van der Waals surface area contributed by atoms with Crippen molar-refractivity contribution < 1.29 is 18.4 Å². The molecule has 2 aromatic heterocycles. The summed E-state index contributed by atoms with van der Waals surface area (Å²) in [5.41, 5.74) is -0.514. The number of benzene rings is 1. The van der Waals surface area contributed by atoms with E-state index < -0.39 is 35.5 Å². The first kappa shape index (κ1) is 19.2. The second kappa shape index (κ2) is 7.99. The fraction of sp³-hybridized carbons (Fsp3) is 0.222. The maximum absolute atomic E-state index is 14.1. The number of carbonyl (C=O) groups is 2. The van der Waals surface area contributed by atoms with Gasteiger partial charge in [-0.3, -0.25) is 19.0 Å². The van der Waals surface area contributed by atoms with Crippen molar-refractivity contribution >= 4 is 23.2 Å². The molecule has 0 fully saturated rings. The predicted octanol–water partition coefficient (Wildman–Crippen LogP) is 2.76. The third-order valence-corrected chi connectivity index (χ3v) is 4.17. The van der Waals surface area contributed by atoms with E-state index in [1.165, 1.54) is 21.8 Å². The summed E-state index contributed by atoms with van der Waals surface area (Å²) in [6, 6.07) is 3.51. The van der Waals surface area contributed by atoms with Crippen LogP contribution in [0.25, 0.3) is 0 Å². The molecule has 0 aliphatic carbocycles. The van der Waals surface area contributed by atoms with Crippen molar-refractivity contribution in [3.63, 3.8) is 0 Å². The van der Waals surface area contributed by atoms with Crippen LogP contribution in [0.1, 0.15) is 25.9 Å². The van der Waals surface area contributed by atoms with Gasteiger partial charge in [-0.15, -0.1) is 0 Å². The molecule has 3 rings (SSSR count). The molecule has 28 heavy (non-hydrogen) atoms. The Morgan fingerprint density at radius 2 is 1.29 bits per heavy atom. The zero-order valence-corrected chi connectivity index (χ0v) is 15.1. The van der Waals surface area contributed by atoms with Crippen LogP contribution in [0, 0.1) is 11.6 Å². The summed E-state index contributed by atoms with van der Waals surface area (Å²) in [5.74, 6) is -3.01. The molecule has 146 valence electrons. The Hall–Kier alpha value is -3.56. The molecular weight excluding hydrogens is 370 g/mol. The molecule has 0 aliphatic heterocycles. The van der Waals surface area contributed by atoms with Crippen LogP contribution in [0.3, 0.4) is 0 Å². The summed E-state index contributed by atoms with van der Waals surface area (Å²) in [6.45, 7) is 3.16. The van der Waals surface area contributed by atoms with E-state index in [0.29, 0.717) is 6.07 Å². The van der Waals surface area contributed by atoms with Gasteiger partial charge >= 0.3 is 0 Å². The van der Waals surface area contributed by atoms with E-state index in [1.54, 1.807) is 38.4 Å². The molecule has 8 nitrogen and oxygen atoms in total. The standard InChI is InChI=1S/C18H18F2N6O2/c1-11(25-7-3-5-21-25)17(27)23-15-10-16(14(20)9-13(15)19)24-18(28)12(2)26-8-4-6-22-26/h3-12H,1-2H3,(H,23,27)(H,24,28)/t11-,12-/m1/s1. The Balaban J connectivity index is 1.76. The summed E-state index contributed by atoms with van der Waals surface area (Å²) in [4.78, 5) is 24.6. The van der Waals surface area contributed by atoms with Crippen molar-refractivity contribution in [2.45, 2.75) is 25.9 Å². The summed E-state index contributed by atoms with van der Waals surface area (Å²) >= 11 is 0. The average molecular weight is 388 g/mol. The van der Waals surface area contributed by atoms with Gasteiger partial charge in [-0.05, 0) is 32.0 Å². The van der Waals surface area contributed by atoms with Crippen molar-refractivity contribution in [2.75, 3.05) is 10.6 Å². The molecule has 0 bridgehead atoms. The molecule has 0 radical (unpaired) electrons. The molecule has 1 aromatic carbocycles. The van der Waals surface area contributed by atoms with Gasteiger partial charge in [0.2, 0.25) is 11.8 Å². The van der Waals surface area contributed by atoms with Crippen LogP contribution < -0.4 is 10.6 Å². The molecule has 0 aliphatic rings. The van der Waals surface area contributed by atoms with E-state index in [9.17, 15) is 18.4 Å². The lowest BCUT2D eigenvalue weighted by Crippen LogP contribution is -2.26. The number of nitrogens with zero attached hydrogens (tertiary/aromatic N) is 4. The van der Waals surface area contributed by atoms with Crippen LogP contribution in [-0.4, -0.2) is 31.4 Å². The number of carbonyl (C=O) groups excluding carboxylic acids is 2. The summed E-state index contributed by atoms with van der Waals surface area (Å²) in [7, 11) is 0. The number of hydrogen-bond acceptors (Lipinski definition) is 4. The van der Waals surface area contributed by atoms with E-state index in [-0.39, 0.29) is 11.4 Å². The molecule has 0 saturated heterocycles. The van der Waals surface area contributed by atoms with Crippen molar-refractivity contribution in [1.82, 2.24) is 19.6 Å². The molecule has 0 spiro atoms. The van der Waals surface area contributed by atoms with Crippen molar-refractivity contribution in [3.8, 4) is 0 Å². The summed E-state index contributed by atoms with van der Waals surface area (Å²) in [6.07, 6.45) is 6.20. The fourth-order valence-electron chi connectivity index (χ4n) is 2.47. The van der Waals surface area contributed by atoms with E-state index in [2.05, 4.69) is 20.8 Å². The predicted molar refractivity (Wildman–Crippen MR) is 97.5 cm³/mol. The van der Waals surface area contributed by atoms with Crippen molar-refractivity contribution in [2.24, 2.45) is 0 Å². The second-order valence-electron chi connectivity index (χ2n) is 6.11. The first-order chi connectivity index (χ1) is 13.4. The Morgan fingerprint density at radius 1 is 0.857 bits per heavy atom. The second-order valence-corrected chi connectivity index (χ2v) is 6.11. The van der Waals surface area contributed by atoms with Gasteiger partial charge in [-0.1, -0.05) is 0 Å². The topological polar surface area (TPSA) is 93.8 Å². The molecule has 0 unspecified atom stereocenters. The molecule has 3 aromatic rings. The van der Waals surface area contributed by atoms with Crippen LogP contribution in [-0.2, 0) is 9.59 Å². The van der Waals surface area contributed by atoms with Gasteiger partial charge in [0.1, 0.15) is 23.7 Å². The first-order valence-electron chi connectivity index (χ1n) is 8.46. The van der Waals surface area contributed by atoms with Crippen LogP contribution in [0.4, 0.5) is 20.2 Å². The lowest BCUT2D eigenvalue weighted by atomic mass is 10.2. The largest absolute Gasteiger partial charge is 0.322 e. The minimum Gasteiger partial charge on any atom is -0.322 e. The van der Waals surface area contributed by atoms with Gasteiger partial charge < -0.3 is 10.6 Å². The van der Waals surface area contributed by atoms with E-state index in [0.717, 1.165) is 6.07 Å². The van der Waals surface area contributed by atoms with Gasteiger partial charge in [0.25, 0.3) is 0 Å². The third-order valence-electron chi connectivity index (χ3n) is 4.17. The Bertz CT molecular complexity index is 897. The zero-order chi connectivity index (χ0) is 20.3. The molecule has 10 heteroatoms. The number of amides is 2. The van der Waals surface area contributed by atoms with Gasteiger partial charge in [0.15, 0.2) is 0 Å². The summed E-state index contributed by atoms with van der Waals surface area (Å²) in [5, 5.41) is 12.7. The number of rotatable bonds is 6. The Kier molecular flexibility index (Phi) is 5.48. The van der Waals surface area contributed by atoms with Gasteiger partial charge in [0.05, 0.1) is 11.4 Å². The Labute approximate surface area is 159 Å². The van der Waals surface area contributed by atoms with Crippen molar-refractivity contribution in [3.05, 3.63) is 60.7 Å². The van der Waals surface area contributed by atoms with Gasteiger partial charge in [-0.25, -0.2) is 8.78 Å². The lowest BCUT2D eigenvalue weighted by Gasteiger charge is -2.16. The third kappa shape index (κ3) is 4.05. The first-order valence-corrected chi connectivity index (χ1v) is 8.46. The monoisotopic (exact) mass is 388 g/mol. The molecule has 2 atom stereocenters. The smallest absolute Gasteiger partial charge is 0.249 e. The molecule has 0 saturated carbocycles. The highest BCUT2D eigenvalue weighted by Gasteiger charge is 2.21. The van der Waals surface area contributed by atoms with Crippen LogP contribution >= 0.6 is 0 Å². The van der Waals surface area contributed by atoms with Gasteiger partial charge in [0, 0.05) is 30.9 Å². The maximum atomic E-state index is 14.1. The van der Waals surface area contributed by atoms with E-state index in [1.807, 2.05) is 0 Å². The van der Waals surface area contributed by atoms with E-state index in [4.69, 9.17) is 0 Å². The SMILES string of the molecule is C[C@H](C(=O)Nc1cc(NC(=O)[C@@H](C)n2cccn2)c(F)cc1F)n1cccn1. The fourth-order valence-corrected chi connectivity index (χ4v) is 2.47. The van der Waals surface area contributed by atoms with Crippen molar-refractivity contribution in [1.29, 1.82) is 0 Å². The number of nitrogens with one attached hydrogen (secondary N) is 2. The number of aromatic nitrogens is 4. The minimum atomic E-state index is -0.961. The van der Waals surface area contributed by atoms with Crippen LogP contribution in [0.5, 0.6) is 0 Å². The zero-order valence-electron chi connectivity index (χ0n) is 15.1. The minimum absolute atomic E-state index is 0.257. The van der Waals surface area contributed by atoms with Gasteiger partial charge in [-0.2, -0.15) is 10.2 Å².